The van der Waals surface area contributed by atoms with Crippen LogP contribution in [0.2, 0.25) is 0 Å². The zero-order valence-electron chi connectivity index (χ0n) is 15.6. The van der Waals surface area contributed by atoms with Crippen molar-refractivity contribution in [2.24, 2.45) is 0 Å². The number of unbranched alkanes of at least 4 members (excludes halogenated alkanes) is 1. The molecule has 1 aromatic rings. The van der Waals surface area contributed by atoms with Gasteiger partial charge in [-0.15, -0.1) is 0 Å². The Hall–Kier alpha value is -2.78. The lowest BCUT2D eigenvalue weighted by atomic mass is 10.1. The first-order valence-electron chi connectivity index (χ1n) is 8.52. The van der Waals surface area contributed by atoms with Crippen molar-refractivity contribution < 1.29 is 37.0 Å². The molecule has 156 valence electrons. The number of benzene rings is 1. The van der Waals surface area contributed by atoms with Crippen LogP contribution < -0.4 is 5.32 Å². The van der Waals surface area contributed by atoms with E-state index in [2.05, 4.69) is 10.1 Å². The Labute approximate surface area is 160 Å². The second kappa shape index (κ2) is 11.2. The highest BCUT2D eigenvalue weighted by Gasteiger charge is 2.40. The molecule has 0 aliphatic carbocycles. The van der Waals surface area contributed by atoms with E-state index in [0.29, 0.717) is 4.90 Å². The molecular formula is C18H23F3N2O5. The van der Waals surface area contributed by atoms with Crippen LogP contribution >= 0.6 is 0 Å². The molecule has 0 aliphatic heterocycles. The summed E-state index contributed by atoms with van der Waals surface area (Å²) in [5.41, 5.74) is 0.768. The maximum atomic E-state index is 12.3. The minimum atomic E-state index is -4.92. The average Bonchev–Trinajstić information content (AvgIpc) is 2.67. The number of nitrogens with one attached hydrogen (secondary N) is 1. The van der Waals surface area contributed by atoms with Gasteiger partial charge in [-0.25, -0.2) is 9.59 Å². The van der Waals surface area contributed by atoms with Crippen molar-refractivity contribution in [1.29, 1.82) is 0 Å². The third-order valence-electron chi connectivity index (χ3n) is 3.82. The molecule has 1 atom stereocenters. The summed E-state index contributed by atoms with van der Waals surface area (Å²) in [4.78, 5) is 35.3. The summed E-state index contributed by atoms with van der Waals surface area (Å²) in [5, 5.41) is 2.38. The zero-order chi connectivity index (χ0) is 21.2. The fraction of sp³-hybridized carbons (Fsp3) is 0.500. The summed E-state index contributed by atoms with van der Waals surface area (Å²) >= 11 is 0. The molecule has 0 unspecified atom stereocenters. The fourth-order valence-corrected chi connectivity index (χ4v) is 2.31. The van der Waals surface area contributed by atoms with Crippen molar-refractivity contribution in [2.75, 3.05) is 20.7 Å². The first-order chi connectivity index (χ1) is 13.1. The lowest BCUT2D eigenvalue weighted by Gasteiger charge is -2.19. The number of hydrogen-bond acceptors (Lipinski definition) is 5. The van der Waals surface area contributed by atoms with E-state index in [4.69, 9.17) is 4.74 Å². The number of alkyl halides is 3. The van der Waals surface area contributed by atoms with Crippen molar-refractivity contribution in [1.82, 2.24) is 10.2 Å². The number of hydrogen-bond donors (Lipinski definition) is 1. The van der Waals surface area contributed by atoms with E-state index in [0.717, 1.165) is 19.7 Å². The van der Waals surface area contributed by atoms with E-state index < -0.39 is 30.2 Å². The lowest BCUT2D eigenvalue weighted by molar-refractivity contribution is -0.184. The number of amides is 2. The van der Waals surface area contributed by atoms with Crippen molar-refractivity contribution in [3.63, 3.8) is 0 Å². The van der Waals surface area contributed by atoms with Crippen molar-refractivity contribution in [3.05, 3.63) is 35.9 Å². The number of halogens is 3. The van der Waals surface area contributed by atoms with Crippen molar-refractivity contribution in [2.45, 2.75) is 38.1 Å². The predicted molar refractivity (Wildman–Crippen MR) is 93.1 cm³/mol. The van der Waals surface area contributed by atoms with Gasteiger partial charge in [-0.3, -0.25) is 4.79 Å². The Kier molecular flexibility index (Phi) is 9.26. The number of nitrogens with zero attached hydrogens (tertiary/aromatic N) is 1. The smallest absolute Gasteiger partial charge is 0.467 e. The molecule has 0 aliphatic rings. The minimum absolute atomic E-state index is 0.0188. The normalized spacial score (nSPS) is 12.0. The standard InChI is InChI=1S/C18H23F3N2O5/c1-23(16(25)18(19,20)21)11-7-6-10-14(15(24)27-2)22-17(26)28-12-13-8-4-3-5-9-13/h3-5,8-9,14H,6-7,10-12H2,1-2H3,(H,22,26)/t14-/m0/s1. The van der Waals surface area contributed by atoms with Crippen LogP contribution in [0.1, 0.15) is 24.8 Å². The summed E-state index contributed by atoms with van der Waals surface area (Å²) in [5.74, 6) is -2.63. The molecule has 0 heterocycles. The van der Waals surface area contributed by atoms with Gasteiger partial charge < -0.3 is 19.7 Å². The Morgan fingerprint density at radius 3 is 2.36 bits per heavy atom. The fourth-order valence-electron chi connectivity index (χ4n) is 2.31. The number of methoxy groups -OCH3 is 1. The molecule has 1 N–H and O–H groups in total. The number of carbonyl (C=O) groups excluding carboxylic acids is 3. The maximum Gasteiger partial charge on any atom is 0.471 e. The number of esters is 1. The molecule has 0 spiro atoms. The molecular weight excluding hydrogens is 381 g/mol. The van der Waals surface area contributed by atoms with E-state index in [1.165, 1.54) is 0 Å². The Morgan fingerprint density at radius 1 is 1.14 bits per heavy atom. The second-order valence-electron chi connectivity index (χ2n) is 6.00. The van der Waals surface area contributed by atoms with E-state index in [1.54, 1.807) is 24.3 Å². The van der Waals surface area contributed by atoms with Crippen molar-refractivity contribution in [3.8, 4) is 0 Å². The van der Waals surface area contributed by atoms with Gasteiger partial charge in [0.05, 0.1) is 7.11 Å². The Balaban J connectivity index is 2.43. The van der Waals surface area contributed by atoms with Crippen LogP contribution in [0.4, 0.5) is 18.0 Å². The largest absolute Gasteiger partial charge is 0.471 e. The molecule has 0 bridgehead atoms. The first-order valence-corrected chi connectivity index (χ1v) is 8.52. The van der Waals surface area contributed by atoms with Crippen LogP contribution in [-0.2, 0) is 25.7 Å². The summed E-state index contributed by atoms with van der Waals surface area (Å²) in [6.45, 7) is -0.115. The van der Waals surface area contributed by atoms with Gasteiger partial charge >= 0.3 is 24.1 Å². The molecule has 1 aromatic carbocycles. The molecule has 10 heteroatoms. The molecule has 2 amide bonds. The van der Waals surface area contributed by atoms with Gasteiger partial charge in [0.25, 0.3) is 0 Å². The van der Waals surface area contributed by atoms with Crippen LogP contribution in [0.25, 0.3) is 0 Å². The molecule has 0 saturated carbocycles. The van der Waals surface area contributed by atoms with Gasteiger partial charge in [0.1, 0.15) is 12.6 Å². The van der Waals surface area contributed by atoms with Gasteiger partial charge in [-0.1, -0.05) is 30.3 Å². The van der Waals surface area contributed by atoms with Gasteiger partial charge in [0, 0.05) is 13.6 Å². The van der Waals surface area contributed by atoms with E-state index in [-0.39, 0.29) is 32.4 Å². The van der Waals surface area contributed by atoms with Crippen LogP contribution in [0.5, 0.6) is 0 Å². The lowest BCUT2D eigenvalue weighted by Crippen LogP contribution is -2.42. The number of ether oxygens (including phenoxy) is 2. The second-order valence-corrected chi connectivity index (χ2v) is 6.00. The highest BCUT2D eigenvalue weighted by Crippen LogP contribution is 2.18. The first kappa shape index (κ1) is 23.3. The van der Waals surface area contributed by atoms with Gasteiger partial charge in [-0.05, 0) is 24.8 Å². The number of alkyl carbamates (subject to hydrolysis) is 1. The number of carbonyl (C=O) groups is 3. The van der Waals surface area contributed by atoms with Gasteiger partial charge in [0.15, 0.2) is 0 Å². The van der Waals surface area contributed by atoms with Crippen LogP contribution in [0.15, 0.2) is 30.3 Å². The third-order valence-corrected chi connectivity index (χ3v) is 3.82. The Bertz CT molecular complexity index is 652. The predicted octanol–water partition coefficient (Wildman–Crippen LogP) is 2.65. The monoisotopic (exact) mass is 404 g/mol. The highest BCUT2D eigenvalue weighted by atomic mass is 19.4. The van der Waals surface area contributed by atoms with Gasteiger partial charge in [0.2, 0.25) is 0 Å². The number of rotatable bonds is 9. The summed E-state index contributed by atoms with van der Waals surface area (Å²) in [7, 11) is 2.20. The summed E-state index contributed by atoms with van der Waals surface area (Å²) in [6, 6.07) is 7.92. The van der Waals surface area contributed by atoms with Crippen LogP contribution in [0.3, 0.4) is 0 Å². The third kappa shape index (κ3) is 8.28. The van der Waals surface area contributed by atoms with E-state index >= 15 is 0 Å². The summed E-state index contributed by atoms with van der Waals surface area (Å²) < 4.78 is 46.6. The SMILES string of the molecule is COC(=O)[C@H](CCCCN(C)C(=O)C(F)(F)F)NC(=O)OCc1ccccc1. The highest BCUT2D eigenvalue weighted by molar-refractivity contribution is 5.82. The molecule has 28 heavy (non-hydrogen) atoms. The van der Waals surface area contributed by atoms with Crippen LogP contribution in [0, 0.1) is 0 Å². The molecule has 0 saturated heterocycles. The zero-order valence-corrected chi connectivity index (χ0v) is 15.6. The molecule has 1 rings (SSSR count). The van der Waals surface area contributed by atoms with Crippen molar-refractivity contribution >= 4 is 18.0 Å². The quantitative estimate of drug-likeness (QED) is 0.505. The molecule has 7 nitrogen and oxygen atoms in total. The molecule has 0 radical (unpaired) electrons. The maximum absolute atomic E-state index is 12.3. The van der Waals surface area contributed by atoms with Gasteiger partial charge in [-0.2, -0.15) is 13.2 Å². The topological polar surface area (TPSA) is 84.9 Å². The molecule has 0 fully saturated rings. The minimum Gasteiger partial charge on any atom is -0.467 e. The Morgan fingerprint density at radius 2 is 1.79 bits per heavy atom. The average molecular weight is 404 g/mol. The van der Waals surface area contributed by atoms with Crippen LogP contribution in [-0.4, -0.2) is 55.8 Å². The summed E-state index contributed by atoms with van der Waals surface area (Å²) in [6.07, 6.45) is -5.11. The van der Waals surface area contributed by atoms with E-state index in [9.17, 15) is 27.6 Å². The molecule has 0 aromatic heterocycles. The van der Waals surface area contributed by atoms with E-state index in [1.807, 2.05) is 6.07 Å².